The fraction of sp³-hybridized carbons (Fsp3) is 0.611. The van der Waals surface area contributed by atoms with E-state index in [9.17, 15) is 4.79 Å². The Labute approximate surface area is 155 Å². The van der Waals surface area contributed by atoms with Gasteiger partial charge < -0.3 is 24.6 Å². The van der Waals surface area contributed by atoms with Gasteiger partial charge in [-0.15, -0.1) is 0 Å². The Hall–Kier alpha value is -2.35. The third-order valence-corrected chi connectivity index (χ3v) is 4.13. The molecule has 0 atom stereocenters. The lowest BCUT2D eigenvalue weighted by atomic mass is 10.2. The summed E-state index contributed by atoms with van der Waals surface area (Å²) < 4.78 is 10.7. The Bertz CT molecular complexity index is 600. The summed E-state index contributed by atoms with van der Waals surface area (Å²) >= 11 is 0. The Kier molecular flexibility index (Phi) is 8.14. The maximum atomic E-state index is 11.5. The van der Waals surface area contributed by atoms with Crippen LogP contribution in [0.25, 0.3) is 0 Å². The van der Waals surface area contributed by atoms with E-state index in [1.807, 2.05) is 24.0 Å². The summed E-state index contributed by atoms with van der Waals surface area (Å²) in [5.41, 5.74) is 0.932. The number of amides is 1. The summed E-state index contributed by atoms with van der Waals surface area (Å²) in [4.78, 5) is 24.6. The molecule has 0 spiro atoms. The average Bonchev–Trinajstić information content (AvgIpc) is 2.66. The van der Waals surface area contributed by atoms with Crippen molar-refractivity contribution in [3.63, 3.8) is 0 Å². The number of ether oxygens (including phenoxy) is 2. The van der Waals surface area contributed by atoms with Gasteiger partial charge >= 0.3 is 0 Å². The van der Waals surface area contributed by atoms with Crippen molar-refractivity contribution in [2.24, 2.45) is 4.99 Å². The van der Waals surface area contributed by atoms with Crippen molar-refractivity contribution in [2.75, 3.05) is 53.0 Å². The van der Waals surface area contributed by atoms with Crippen molar-refractivity contribution in [1.29, 1.82) is 0 Å². The molecule has 1 aliphatic rings. The van der Waals surface area contributed by atoms with Gasteiger partial charge in [-0.25, -0.2) is 9.98 Å². The lowest BCUT2D eigenvalue weighted by Crippen LogP contribution is -2.53. The monoisotopic (exact) mass is 363 g/mol. The molecule has 1 saturated heterocycles. The number of piperazine rings is 1. The number of methoxy groups -OCH3 is 1. The summed E-state index contributed by atoms with van der Waals surface area (Å²) in [7, 11) is 1.64. The summed E-state index contributed by atoms with van der Waals surface area (Å²) in [6.07, 6.45) is 1.71. The molecule has 2 rings (SSSR count). The molecule has 0 saturated carbocycles. The molecule has 2 heterocycles. The van der Waals surface area contributed by atoms with Gasteiger partial charge in [0.1, 0.15) is 6.61 Å². The number of rotatable bonds is 7. The molecular formula is C18H29N5O3. The number of nitrogens with one attached hydrogen (secondary N) is 1. The molecule has 0 bridgehead atoms. The predicted octanol–water partition coefficient (Wildman–Crippen LogP) is 0.736. The van der Waals surface area contributed by atoms with E-state index in [2.05, 4.69) is 15.2 Å². The minimum absolute atomic E-state index is 0.125. The first-order valence-corrected chi connectivity index (χ1v) is 9.00. The van der Waals surface area contributed by atoms with E-state index < -0.39 is 0 Å². The number of carbonyl (C=O) groups excluding carboxylic acids is 1. The summed E-state index contributed by atoms with van der Waals surface area (Å²) in [5, 5.41) is 3.33. The van der Waals surface area contributed by atoms with Gasteiger partial charge in [0, 0.05) is 58.5 Å². The van der Waals surface area contributed by atoms with Gasteiger partial charge in [-0.3, -0.25) is 4.79 Å². The molecule has 1 aromatic rings. The summed E-state index contributed by atoms with van der Waals surface area (Å²) in [6, 6.07) is 3.85. The molecule has 1 amide bonds. The lowest BCUT2D eigenvalue weighted by Gasteiger charge is -2.36. The number of guanidine groups is 1. The Balaban J connectivity index is 2.02. The van der Waals surface area contributed by atoms with Crippen molar-refractivity contribution in [3.8, 4) is 5.88 Å². The van der Waals surface area contributed by atoms with E-state index in [1.54, 1.807) is 20.2 Å². The molecule has 1 fully saturated rings. The van der Waals surface area contributed by atoms with Crippen molar-refractivity contribution in [2.45, 2.75) is 20.4 Å². The zero-order chi connectivity index (χ0) is 18.8. The fourth-order valence-corrected chi connectivity index (χ4v) is 2.72. The number of hydrogen-bond donors (Lipinski definition) is 1. The molecule has 144 valence electrons. The maximum Gasteiger partial charge on any atom is 0.219 e. The first kappa shape index (κ1) is 20.0. The smallest absolute Gasteiger partial charge is 0.219 e. The Morgan fingerprint density at radius 3 is 2.65 bits per heavy atom. The number of pyridine rings is 1. The summed E-state index contributed by atoms with van der Waals surface area (Å²) in [5.74, 6) is 1.56. The molecule has 8 nitrogen and oxygen atoms in total. The quantitative estimate of drug-likeness (QED) is 0.437. The first-order valence-electron chi connectivity index (χ1n) is 9.00. The molecule has 1 N–H and O–H groups in total. The molecule has 0 aliphatic carbocycles. The standard InChI is InChI=1S/C18H29N5O3/c1-4-19-18(23-10-8-22(9-11-23)15(2)24)21-14-16-6-5-7-20-17(16)26-13-12-25-3/h5-7H,4,8-14H2,1-3H3,(H,19,21). The highest BCUT2D eigenvalue weighted by atomic mass is 16.5. The van der Waals surface area contributed by atoms with Crippen LogP contribution < -0.4 is 10.1 Å². The molecule has 0 radical (unpaired) electrons. The second-order valence-corrected chi connectivity index (χ2v) is 5.97. The summed E-state index contributed by atoms with van der Waals surface area (Å²) in [6.45, 7) is 8.88. The highest BCUT2D eigenvalue weighted by Crippen LogP contribution is 2.15. The van der Waals surface area contributed by atoms with Crippen LogP contribution in [0.2, 0.25) is 0 Å². The topological polar surface area (TPSA) is 79.3 Å². The SMILES string of the molecule is CCNC(=NCc1cccnc1OCCOC)N1CCN(C(C)=O)CC1. The van der Waals surface area contributed by atoms with Crippen LogP contribution in [-0.4, -0.2) is 79.7 Å². The molecular weight excluding hydrogens is 334 g/mol. The van der Waals surface area contributed by atoms with E-state index in [1.165, 1.54) is 0 Å². The van der Waals surface area contributed by atoms with Crippen LogP contribution in [-0.2, 0) is 16.1 Å². The number of carbonyl (C=O) groups is 1. The maximum absolute atomic E-state index is 11.5. The third kappa shape index (κ3) is 5.87. The number of aliphatic imine (C=N–C) groups is 1. The largest absolute Gasteiger partial charge is 0.475 e. The second-order valence-electron chi connectivity index (χ2n) is 5.97. The van der Waals surface area contributed by atoms with Crippen LogP contribution in [0.3, 0.4) is 0 Å². The second kappa shape index (κ2) is 10.6. The van der Waals surface area contributed by atoms with E-state index >= 15 is 0 Å². The van der Waals surface area contributed by atoms with Crippen LogP contribution in [0, 0.1) is 0 Å². The van der Waals surface area contributed by atoms with Crippen molar-refractivity contribution in [1.82, 2.24) is 20.1 Å². The van der Waals surface area contributed by atoms with E-state index in [0.29, 0.717) is 25.6 Å². The predicted molar refractivity (Wildman–Crippen MR) is 100 cm³/mol. The van der Waals surface area contributed by atoms with Crippen LogP contribution in [0.5, 0.6) is 5.88 Å². The minimum Gasteiger partial charge on any atom is -0.475 e. The lowest BCUT2D eigenvalue weighted by molar-refractivity contribution is -0.130. The van der Waals surface area contributed by atoms with Crippen molar-refractivity contribution >= 4 is 11.9 Å². The normalized spacial score (nSPS) is 15.1. The molecule has 8 heteroatoms. The molecule has 1 aliphatic heterocycles. The van der Waals surface area contributed by atoms with Crippen LogP contribution in [0.4, 0.5) is 0 Å². The third-order valence-electron chi connectivity index (χ3n) is 4.13. The van der Waals surface area contributed by atoms with E-state index in [0.717, 1.165) is 44.2 Å². The molecule has 26 heavy (non-hydrogen) atoms. The zero-order valence-electron chi connectivity index (χ0n) is 15.9. The van der Waals surface area contributed by atoms with Gasteiger partial charge in [0.15, 0.2) is 5.96 Å². The van der Waals surface area contributed by atoms with Crippen LogP contribution in [0.15, 0.2) is 23.3 Å². The van der Waals surface area contributed by atoms with Gasteiger partial charge in [-0.1, -0.05) is 6.07 Å². The first-order chi connectivity index (χ1) is 12.7. The van der Waals surface area contributed by atoms with Gasteiger partial charge in [0.25, 0.3) is 0 Å². The zero-order valence-corrected chi connectivity index (χ0v) is 15.9. The van der Waals surface area contributed by atoms with E-state index in [-0.39, 0.29) is 5.91 Å². The van der Waals surface area contributed by atoms with E-state index in [4.69, 9.17) is 14.5 Å². The number of hydrogen-bond acceptors (Lipinski definition) is 5. The van der Waals surface area contributed by atoms with Gasteiger partial charge in [0.2, 0.25) is 11.8 Å². The molecule has 1 aromatic heterocycles. The average molecular weight is 363 g/mol. The Morgan fingerprint density at radius 1 is 1.27 bits per heavy atom. The van der Waals surface area contributed by atoms with Gasteiger partial charge in [-0.2, -0.15) is 0 Å². The van der Waals surface area contributed by atoms with Gasteiger partial charge in [0.05, 0.1) is 13.2 Å². The van der Waals surface area contributed by atoms with Gasteiger partial charge in [-0.05, 0) is 13.0 Å². The van der Waals surface area contributed by atoms with Crippen LogP contribution in [0.1, 0.15) is 19.4 Å². The Morgan fingerprint density at radius 2 is 2.00 bits per heavy atom. The van der Waals surface area contributed by atoms with Crippen molar-refractivity contribution in [3.05, 3.63) is 23.9 Å². The van der Waals surface area contributed by atoms with Crippen molar-refractivity contribution < 1.29 is 14.3 Å². The molecule has 0 unspecified atom stereocenters. The fourth-order valence-electron chi connectivity index (χ4n) is 2.72. The number of nitrogens with zero attached hydrogens (tertiary/aromatic N) is 4. The minimum atomic E-state index is 0.125. The van der Waals surface area contributed by atoms with Crippen LogP contribution >= 0.6 is 0 Å². The number of aromatic nitrogens is 1. The highest BCUT2D eigenvalue weighted by molar-refractivity contribution is 5.80. The highest BCUT2D eigenvalue weighted by Gasteiger charge is 2.20. The molecule has 0 aromatic carbocycles.